The zero-order chi connectivity index (χ0) is 26.8. The Kier molecular flexibility index (Phi) is 6.00. The number of carbonyl (C=O) groups excluding carboxylic acids is 2. The number of rotatable bonds is 6. The molecule has 9 nitrogen and oxygen atoms in total. The van der Waals surface area contributed by atoms with Crippen molar-refractivity contribution in [2.24, 2.45) is 12.5 Å². The summed E-state index contributed by atoms with van der Waals surface area (Å²) >= 11 is 0. The van der Waals surface area contributed by atoms with Crippen molar-refractivity contribution in [3.8, 4) is 0 Å². The Bertz CT molecular complexity index is 1230. The minimum atomic E-state index is -5.24. The van der Waals surface area contributed by atoms with Gasteiger partial charge in [-0.25, -0.2) is 18.7 Å². The molecule has 6 rings (SSSR count). The summed E-state index contributed by atoms with van der Waals surface area (Å²) in [6, 6.07) is 0. The highest BCUT2D eigenvalue weighted by Gasteiger charge is 2.73. The van der Waals surface area contributed by atoms with Gasteiger partial charge in [-0.3, -0.25) is 14.3 Å². The topological polar surface area (TPSA) is 111 Å². The third-order valence-electron chi connectivity index (χ3n) is 7.65. The summed E-state index contributed by atoms with van der Waals surface area (Å²) in [5.41, 5.74) is -2.26. The molecule has 2 bridgehead atoms. The van der Waals surface area contributed by atoms with Crippen molar-refractivity contribution in [3.63, 3.8) is 0 Å². The highest BCUT2D eigenvalue weighted by atomic mass is 19.4. The van der Waals surface area contributed by atoms with E-state index in [1.54, 1.807) is 29.4 Å². The first-order valence-electron chi connectivity index (χ1n) is 11.8. The Morgan fingerprint density at radius 2 is 1.92 bits per heavy atom. The first-order valence-corrected chi connectivity index (χ1v) is 11.8. The van der Waals surface area contributed by atoms with Gasteiger partial charge in [0.1, 0.15) is 5.82 Å². The third-order valence-corrected chi connectivity index (χ3v) is 7.65. The molecule has 1 aliphatic heterocycles. The van der Waals surface area contributed by atoms with E-state index in [2.05, 4.69) is 20.4 Å². The molecule has 3 aliphatic carbocycles. The Labute approximate surface area is 208 Å². The zero-order valence-electron chi connectivity index (χ0n) is 20.0. The van der Waals surface area contributed by atoms with Crippen LogP contribution in [0.2, 0.25) is 0 Å². The fourth-order valence-corrected chi connectivity index (χ4v) is 5.85. The van der Waals surface area contributed by atoms with Gasteiger partial charge in [0.15, 0.2) is 5.69 Å². The van der Waals surface area contributed by atoms with Gasteiger partial charge in [-0.2, -0.15) is 18.3 Å². The van der Waals surface area contributed by atoms with Gasteiger partial charge >= 0.3 is 12.1 Å². The number of ether oxygens (including phenoxy) is 1. The molecule has 4 aliphatic rings. The molecule has 200 valence electrons. The summed E-state index contributed by atoms with van der Waals surface area (Å²) in [5, 5.41) is 8.25. The molecule has 2 unspecified atom stereocenters. The number of carbonyl (C=O) groups is 2. The molecule has 3 saturated carbocycles. The highest BCUT2D eigenvalue weighted by molar-refractivity contribution is 6.04. The van der Waals surface area contributed by atoms with E-state index in [1.165, 1.54) is 7.05 Å². The van der Waals surface area contributed by atoms with Crippen molar-refractivity contribution in [2.75, 3.05) is 19.0 Å². The average Bonchev–Trinajstić information content (AvgIpc) is 3.23. The van der Waals surface area contributed by atoms with E-state index in [9.17, 15) is 31.5 Å². The smallest absolute Gasteiger partial charge is 0.373 e. The molecule has 2 aromatic heterocycles. The van der Waals surface area contributed by atoms with Gasteiger partial charge in [0, 0.05) is 49.2 Å². The molecule has 2 atom stereocenters. The molecule has 1 saturated heterocycles. The van der Waals surface area contributed by atoms with E-state index in [1.807, 2.05) is 0 Å². The predicted octanol–water partition coefficient (Wildman–Crippen LogP) is 3.39. The molecule has 14 heteroatoms. The number of nitrogens with one attached hydrogen (secondary N) is 2. The number of aryl methyl sites for hydroxylation is 1. The van der Waals surface area contributed by atoms with Crippen LogP contribution in [0.3, 0.4) is 0 Å². The lowest BCUT2D eigenvalue weighted by molar-refractivity contribution is -0.223. The molecule has 0 spiro atoms. The summed E-state index contributed by atoms with van der Waals surface area (Å²) in [7, 11) is 3.04. The maximum Gasteiger partial charge on any atom is 0.471 e. The second-order valence-electron chi connectivity index (χ2n) is 10.2. The van der Waals surface area contributed by atoms with Crippen LogP contribution in [-0.2, 0) is 22.0 Å². The number of hydrogen-bond donors (Lipinski definition) is 2. The van der Waals surface area contributed by atoms with Crippen LogP contribution >= 0.6 is 0 Å². The van der Waals surface area contributed by atoms with Gasteiger partial charge in [-0.15, -0.1) is 0 Å². The Hall–Kier alpha value is -3.16. The molecular weight excluding hydrogens is 503 g/mol. The maximum absolute atomic E-state index is 13.6. The predicted molar refractivity (Wildman–Crippen MR) is 118 cm³/mol. The van der Waals surface area contributed by atoms with Gasteiger partial charge in [-0.05, 0) is 32.1 Å². The summed E-state index contributed by atoms with van der Waals surface area (Å²) in [6.07, 6.45) is -3.80. The van der Waals surface area contributed by atoms with Crippen LogP contribution in [0.5, 0.6) is 0 Å². The van der Waals surface area contributed by atoms with Crippen molar-refractivity contribution in [3.05, 3.63) is 35.2 Å². The van der Waals surface area contributed by atoms with Crippen LogP contribution in [0, 0.1) is 5.41 Å². The molecule has 2 aromatic rings. The van der Waals surface area contributed by atoms with Crippen LogP contribution in [0.25, 0.3) is 0 Å². The van der Waals surface area contributed by atoms with Gasteiger partial charge in [0.25, 0.3) is 5.91 Å². The minimum absolute atomic E-state index is 0.000597. The molecular formula is C23H25F5N6O3. The first kappa shape index (κ1) is 25.5. The van der Waals surface area contributed by atoms with E-state index in [4.69, 9.17) is 4.74 Å². The van der Waals surface area contributed by atoms with Crippen LogP contribution in [0.4, 0.5) is 27.6 Å². The lowest BCUT2D eigenvalue weighted by Gasteiger charge is -2.69. The van der Waals surface area contributed by atoms with Crippen molar-refractivity contribution in [1.29, 1.82) is 0 Å². The van der Waals surface area contributed by atoms with Gasteiger partial charge in [-0.1, -0.05) is 0 Å². The summed E-state index contributed by atoms with van der Waals surface area (Å²) in [6.45, 7) is 0.338. The van der Waals surface area contributed by atoms with Crippen molar-refractivity contribution < 1.29 is 36.3 Å². The maximum atomic E-state index is 13.6. The molecule has 0 aromatic carbocycles. The number of nitrogens with zero attached hydrogens (tertiary/aromatic N) is 4. The zero-order valence-corrected chi connectivity index (χ0v) is 20.0. The normalized spacial score (nSPS) is 28.9. The van der Waals surface area contributed by atoms with Crippen LogP contribution in [-0.4, -0.2) is 57.8 Å². The Morgan fingerprint density at radius 3 is 2.49 bits per heavy atom. The number of amides is 2. The SMILES string of the molecule is CNC(=O)c1nc(C2CCOC(c3cnn(C)c3)C2)nc(C23CC(C(F)F)(C2)C3)c1NC(=O)C(F)(F)F. The number of hydrogen-bond acceptors (Lipinski definition) is 6. The molecule has 3 heterocycles. The average molecular weight is 528 g/mol. The van der Waals surface area contributed by atoms with Gasteiger partial charge in [0.2, 0.25) is 6.43 Å². The van der Waals surface area contributed by atoms with Crippen molar-refractivity contribution in [2.45, 2.75) is 62.1 Å². The van der Waals surface area contributed by atoms with Crippen molar-refractivity contribution in [1.82, 2.24) is 25.1 Å². The number of anilines is 1. The summed E-state index contributed by atoms with van der Waals surface area (Å²) in [5.74, 6) is -3.25. The molecule has 37 heavy (non-hydrogen) atoms. The fourth-order valence-electron chi connectivity index (χ4n) is 5.85. The van der Waals surface area contributed by atoms with Crippen molar-refractivity contribution >= 4 is 17.5 Å². The number of halogens is 5. The van der Waals surface area contributed by atoms with E-state index in [0.29, 0.717) is 19.4 Å². The van der Waals surface area contributed by atoms with E-state index in [-0.39, 0.29) is 42.8 Å². The van der Waals surface area contributed by atoms with Gasteiger partial charge < -0.3 is 15.4 Å². The first-order chi connectivity index (χ1) is 17.4. The Morgan fingerprint density at radius 1 is 1.22 bits per heavy atom. The second kappa shape index (κ2) is 8.71. The molecule has 2 amide bonds. The Balaban J connectivity index is 1.56. The third kappa shape index (κ3) is 4.24. The minimum Gasteiger partial charge on any atom is -0.373 e. The summed E-state index contributed by atoms with van der Waals surface area (Å²) < 4.78 is 74.1. The van der Waals surface area contributed by atoms with Crippen LogP contribution < -0.4 is 10.6 Å². The van der Waals surface area contributed by atoms with Gasteiger partial charge in [0.05, 0.1) is 23.7 Å². The van der Waals surface area contributed by atoms with Crippen LogP contribution in [0.15, 0.2) is 12.4 Å². The fraction of sp³-hybridized carbons (Fsp3) is 0.609. The largest absolute Gasteiger partial charge is 0.471 e. The standard InChI is InChI=1S/C23H25F5N6O3/c1-29-18(35)15-14(32-20(36)23(26,27)28)16(21-8-22(9-21,10-21)19(24)25)33-17(31-15)11-3-4-37-13(5-11)12-6-30-34(2)7-12/h6-7,11,13,19H,3-5,8-10H2,1-2H3,(H,29,35)(H,32,36). The van der Waals surface area contributed by atoms with E-state index < -0.39 is 46.6 Å². The molecule has 0 radical (unpaired) electrons. The quantitative estimate of drug-likeness (QED) is 0.557. The van der Waals surface area contributed by atoms with Crippen LogP contribution in [0.1, 0.15) is 71.7 Å². The molecule has 2 N–H and O–H groups in total. The number of alkyl halides is 5. The second-order valence-corrected chi connectivity index (χ2v) is 10.2. The molecule has 4 fully saturated rings. The summed E-state index contributed by atoms with van der Waals surface area (Å²) in [4.78, 5) is 33.5. The van der Waals surface area contributed by atoms with E-state index >= 15 is 0 Å². The monoisotopic (exact) mass is 528 g/mol. The number of aromatic nitrogens is 4. The lowest BCUT2D eigenvalue weighted by Crippen LogP contribution is -2.68. The lowest BCUT2D eigenvalue weighted by atomic mass is 9.34. The highest BCUT2D eigenvalue weighted by Crippen LogP contribution is 2.76. The van der Waals surface area contributed by atoms with E-state index in [0.717, 1.165) is 5.56 Å².